The highest BCUT2D eigenvalue weighted by molar-refractivity contribution is 7.98. The lowest BCUT2D eigenvalue weighted by molar-refractivity contribution is -0.121. The minimum atomic E-state index is -0.337. The lowest BCUT2D eigenvalue weighted by Crippen LogP contribution is -2.34. The third-order valence-corrected chi connectivity index (χ3v) is 5.39. The van der Waals surface area contributed by atoms with Crippen LogP contribution in [0.1, 0.15) is 17.7 Å². The second-order valence-corrected chi connectivity index (χ2v) is 7.86. The maximum Gasteiger partial charge on any atom is 0.221 e. The molecule has 4 rings (SSSR count). The number of thioether (sulfide) groups is 1. The zero-order chi connectivity index (χ0) is 21.1. The Morgan fingerprint density at radius 3 is 3.03 bits per heavy atom. The average Bonchev–Trinajstić information content (AvgIpc) is 3.35. The molecule has 7 nitrogen and oxygen atoms in total. The van der Waals surface area contributed by atoms with Gasteiger partial charge in [0.2, 0.25) is 5.91 Å². The molecule has 3 aromatic rings. The highest BCUT2D eigenvalue weighted by atomic mass is 32.2. The van der Waals surface area contributed by atoms with Crippen LogP contribution in [0.3, 0.4) is 0 Å². The Hall–Kier alpha value is -2.94. The first-order chi connectivity index (χ1) is 14.5. The van der Waals surface area contributed by atoms with Crippen LogP contribution in [0.5, 0.6) is 5.75 Å². The Bertz CT molecular complexity index is 1070. The molecule has 1 aliphatic rings. The molecule has 0 spiro atoms. The number of benzene rings is 1. The number of carbonyl (C=O) groups excluding carboxylic acids is 1. The van der Waals surface area contributed by atoms with Gasteiger partial charge >= 0.3 is 0 Å². The van der Waals surface area contributed by atoms with Gasteiger partial charge in [-0.15, -0.1) is 0 Å². The molecule has 1 aromatic carbocycles. The molecule has 0 unspecified atom stereocenters. The van der Waals surface area contributed by atoms with Gasteiger partial charge in [-0.25, -0.2) is 14.4 Å². The second kappa shape index (κ2) is 8.83. The molecular weight excluding hydrogens is 405 g/mol. The van der Waals surface area contributed by atoms with Gasteiger partial charge in [0.05, 0.1) is 17.9 Å². The van der Waals surface area contributed by atoms with Gasteiger partial charge in [0.1, 0.15) is 17.7 Å². The first kappa shape index (κ1) is 20.3. The maximum atomic E-state index is 14.2. The summed E-state index contributed by atoms with van der Waals surface area (Å²) >= 11 is 1.42. The number of rotatable bonds is 7. The Morgan fingerprint density at radius 1 is 1.40 bits per heavy atom. The van der Waals surface area contributed by atoms with E-state index in [-0.39, 0.29) is 17.8 Å². The maximum absolute atomic E-state index is 14.2. The Labute approximate surface area is 178 Å². The fourth-order valence-corrected chi connectivity index (χ4v) is 3.76. The molecule has 3 heterocycles. The summed E-state index contributed by atoms with van der Waals surface area (Å²) in [6.07, 6.45) is 6.00. The number of nitrogens with one attached hydrogen (secondary N) is 1. The molecule has 0 saturated heterocycles. The molecule has 0 bridgehead atoms. The molecule has 1 atom stereocenters. The molecule has 0 saturated carbocycles. The van der Waals surface area contributed by atoms with Crippen LogP contribution in [-0.4, -0.2) is 44.6 Å². The molecule has 9 heteroatoms. The van der Waals surface area contributed by atoms with Gasteiger partial charge in [-0.05, 0) is 37.4 Å². The fourth-order valence-electron chi connectivity index (χ4n) is 3.41. The summed E-state index contributed by atoms with van der Waals surface area (Å²) in [4.78, 5) is 20.8. The molecule has 1 aliphatic heterocycles. The fraction of sp³-hybridized carbons (Fsp3) is 0.333. The molecule has 30 heavy (non-hydrogen) atoms. The van der Waals surface area contributed by atoms with E-state index in [2.05, 4.69) is 20.4 Å². The summed E-state index contributed by atoms with van der Waals surface area (Å²) in [7, 11) is 0. The third-order valence-electron chi connectivity index (χ3n) is 4.82. The minimum absolute atomic E-state index is 0.0745. The number of fused-ring (bicyclic) bond motifs is 1. The van der Waals surface area contributed by atoms with Gasteiger partial charge in [0.25, 0.3) is 0 Å². The van der Waals surface area contributed by atoms with Crippen LogP contribution in [0.4, 0.5) is 4.39 Å². The van der Waals surface area contributed by atoms with Crippen LogP contribution in [0.2, 0.25) is 0 Å². The van der Waals surface area contributed by atoms with E-state index < -0.39 is 0 Å². The van der Waals surface area contributed by atoms with Gasteiger partial charge in [0.15, 0.2) is 5.16 Å². The van der Waals surface area contributed by atoms with Crippen molar-refractivity contribution in [1.29, 1.82) is 0 Å². The molecule has 156 valence electrons. The van der Waals surface area contributed by atoms with Gasteiger partial charge in [-0.1, -0.05) is 11.8 Å². The molecule has 1 N–H and O–H groups in total. The summed E-state index contributed by atoms with van der Waals surface area (Å²) in [5.41, 5.74) is 2.92. The van der Waals surface area contributed by atoms with Crippen molar-refractivity contribution in [1.82, 2.24) is 25.1 Å². The van der Waals surface area contributed by atoms with Crippen molar-refractivity contribution in [3.63, 3.8) is 0 Å². The monoisotopic (exact) mass is 427 g/mol. The van der Waals surface area contributed by atoms with Crippen molar-refractivity contribution in [3.8, 4) is 17.0 Å². The van der Waals surface area contributed by atoms with Gasteiger partial charge < -0.3 is 10.1 Å². The van der Waals surface area contributed by atoms with Crippen LogP contribution in [-0.2, 0) is 17.8 Å². The summed E-state index contributed by atoms with van der Waals surface area (Å²) in [5.74, 6) is 0.207. The standard InChI is InChI=1S/C21H22FN5O2S/c1-13-4-7-27(26-13)8-5-19(28)24-12-16-10-14-9-15(22)11-17(20(14)29-16)18-3-6-23-21(25-18)30-2/h3-4,6-7,9,11,16H,5,8,10,12H2,1-2H3,(H,24,28)/t16-/m0/s1. The van der Waals surface area contributed by atoms with E-state index in [1.165, 1.54) is 23.9 Å². The molecule has 2 aromatic heterocycles. The number of aromatic nitrogens is 4. The molecule has 0 aliphatic carbocycles. The summed E-state index contributed by atoms with van der Waals surface area (Å²) in [6.45, 7) is 2.78. The SMILES string of the molecule is CSc1nccc(-c2cc(F)cc3c2O[C@H](CNC(=O)CCn2ccc(C)n2)C3)n1. The number of amides is 1. The minimum Gasteiger partial charge on any atom is -0.487 e. The van der Waals surface area contributed by atoms with Crippen LogP contribution >= 0.6 is 11.8 Å². The summed E-state index contributed by atoms with van der Waals surface area (Å²) in [5, 5.41) is 7.78. The number of carbonyl (C=O) groups is 1. The predicted molar refractivity (Wildman–Crippen MR) is 112 cm³/mol. The summed E-state index contributed by atoms with van der Waals surface area (Å²) < 4.78 is 22.0. The van der Waals surface area contributed by atoms with E-state index in [1.807, 2.05) is 25.4 Å². The van der Waals surface area contributed by atoms with Gasteiger partial charge in [-0.3, -0.25) is 9.48 Å². The smallest absolute Gasteiger partial charge is 0.221 e. The zero-order valence-electron chi connectivity index (χ0n) is 16.8. The quantitative estimate of drug-likeness (QED) is 0.461. The normalized spacial score (nSPS) is 15.0. The average molecular weight is 428 g/mol. The number of halogens is 1. The van der Waals surface area contributed by atoms with E-state index >= 15 is 0 Å². The number of ether oxygens (including phenoxy) is 1. The lowest BCUT2D eigenvalue weighted by Gasteiger charge is -2.13. The van der Waals surface area contributed by atoms with Crippen molar-refractivity contribution in [3.05, 3.63) is 53.7 Å². The molecule has 1 amide bonds. The van der Waals surface area contributed by atoms with Crippen molar-refractivity contribution < 1.29 is 13.9 Å². The first-order valence-corrected chi connectivity index (χ1v) is 10.9. The first-order valence-electron chi connectivity index (χ1n) is 9.65. The Kier molecular flexibility index (Phi) is 5.98. The Balaban J connectivity index is 1.39. The predicted octanol–water partition coefficient (Wildman–Crippen LogP) is 3.02. The molecular formula is C21H22FN5O2S. The highest BCUT2D eigenvalue weighted by Gasteiger charge is 2.28. The molecule has 0 fully saturated rings. The number of nitrogens with zero attached hydrogens (tertiary/aromatic N) is 4. The molecule has 0 radical (unpaired) electrons. The van der Waals surface area contributed by atoms with E-state index in [0.29, 0.717) is 48.1 Å². The van der Waals surface area contributed by atoms with E-state index in [0.717, 1.165) is 11.3 Å². The Morgan fingerprint density at radius 2 is 2.27 bits per heavy atom. The van der Waals surface area contributed by atoms with Gasteiger partial charge in [-0.2, -0.15) is 5.10 Å². The van der Waals surface area contributed by atoms with E-state index in [9.17, 15) is 9.18 Å². The van der Waals surface area contributed by atoms with E-state index in [1.54, 1.807) is 16.9 Å². The third kappa shape index (κ3) is 4.62. The van der Waals surface area contributed by atoms with Crippen LogP contribution in [0.25, 0.3) is 11.3 Å². The lowest BCUT2D eigenvalue weighted by atomic mass is 10.0. The largest absolute Gasteiger partial charge is 0.487 e. The number of hydrogen-bond acceptors (Lipinski definition) is 6. The van der Waals surface area contributed by atoms with Crippen LogP contribution in [0, 0.1) is 12.7 Å². The van der Waals surface area contributed by atoms with Gasteiger partial charge in [0, 0.05) is 42.9 Å². The number of hydrogen-bond donors (Lipinski definition) is 1. The van der Waals surface area contributed by atoms with Crippen molar-refractivity contribution in [2.24, 2.45) is 0 Å². The highest BCUT2D eigenvalue weighted by Crippen LogP contribution is 2.39. The van der Waals surface area contributed by atoms with Crippen LogP contribution in [0.15, 0.2) is 41.8 Å². The van der Waals surface area contributed by atoms with E-state index in [4.69, 9.17) is 4.74 Å². The van der Waals surface area contributed by atoms with Crippen LogP contribution < -0.4 is 10.1 Å². The van der Waals surface area contributed by atoms with Crippen molar-refractivity contribution >= 4 is 17.7 Å². The number of aryl methyl sites for hydroxylation is 2. The summed E-state index contributed by atoms with van der Waals surface area (Å²) in [6, 6.07) is 6.55. The topological polar surface area (TPSA) is 81.9 Å². The zero-order valence-corrected chi connectivity index (χ0v) is 17.6. The van der Waals surface area contributed by atoms with Crippen molar-refractivity contribution in [2.75, 3.05) is 12.8 Å². The van der Waals surface area contributed by atoms with Crippen molar-refractivity contribution in [2.45, 2.75) is 37.6 Å². The second-order valence-electron chi connectivity index (χ2n) is 7.09.